The molecule has 1 fully saturated rings. The molecule has 2 aliphatic rings. The van der Waals surface area contributed by atoms with Gasteiger partial charge in [0, 0.05) is 24.3 Å². The average molecular weight is 230 g/mol. The zero-order valence-corrected chi connectivity index (χ0v) is 10.7. The van der Waals surface area contributed by atoms with Crippen molar-refractivity contribution in [2.24, 2.45) is 0 Å². The van der Waals surface area contributed by atoms with E-state index < -0.39 is 0 Å². The van der Waals surface area contributed by atoms with Crippen molar-refractivity contribution in [2.45, 2.75) is 57.7 Å². The summed E-state index contributed by atoms with van der Waals surface area (Å²) in [7, 11) is 0. The fourth-order valence-electron chi connectivity index (χ4n) is 3.43. The highest BCUT2D eigenvalue weighted by molar-refractivity contribution is 5.46. The lowest BCUT2D eigenvalue weighted by atomic mass is 9.82. The Hall–Kier alpha value is -1.02. The van der Waals surface area contributed by atoms with E-state index in [4.69, 9.17) is 5.73 Å². The first-order chi connectivity index (χ1) is 8.17. The zero-order chi connectivity index (χ0) is 11.9. The largest absolute Gasteiger partial charge is 0.399 e. The summed E-state index contributed by atoms with van der Waals surface area (Å²) < 4.78 is 0. The molecule has 17 heavy (non-hydrogen) atoms. The van der Waals surface area contributed by atoms with Gasteiger partial charge in [-0.1, -0.05) is 25.3 Å². The van der Waals surface area contributed by atoms with Crippen LogP contribution in [0, 0.1) is 0 Å². The number of hydrogen-bond acceptors (Lipinski definition) is 2. The second kappa shape index (κ2) is 4.02. The van der Waals surface area contributed by atoms with E-state index in [0.29, 0.717) is 5.54 Å². The topological polar surface area (TPSA) is 29.3 Å². The number of nitrogens with two attached hydrogens (primary N) is 1. The summed E-state index contributed by atoms with van der Waals surface area (Å²) in [6, 6.07) is 6.39. The number of rotatable bonds is 1. The third kappa shape index (κ3) is 1.95. The smallest absolute Gasteiger partial charge is 0.0317 e. The standard InChI is InChI=1S/C15H22N2/c1-15(7-3-2-4-8-15)17-10-12-5-6-14(16)9-13(12)11-17/h5-6,9H,2-4,7-8,10-11,16H2,1H3. The van der Waals surface area contributed by atoms with Crippen molar-refractivity contribution in [3.8, 4) is 0 Å². The average Bonchev–Trinajstić information content (AvgIpc) is 2.73. The fraction of sp³-hybridized carbons (Fsp3) is 0.600. The molecule has 0 spiro atoms. The van der Waals surface area contributed by atoms with Crippen molar-refractivity contribution in [1.29, 1.82) is 0 Å². The number of hydrogen-bond donors (Lipinski definition) is 1. The molecule has 3 rings (SSSR count). The van der Waals surface area contributed by atoms with Crippen LogP contribution in [0.5, 0.6) is 0 Å². The van der Waals surface area contributed by atoms with Crippen LogP contribution in [0.2, 0.25) is 0 Å². The van der Waals surface area contributed by atoms with E-state index in [2.05, 4.69) is 24.0 Å². The Labute approximate surface area is 104 Å². The molecule has 2 N–H and O–H groups in total. The lowest BCUT2D eigenvalue weighted by Crippen LogP contribution is -2.44. The van der Waals surface area contributed by atoms with Crippen molar-refractivity contribution in [3.05, 3.63) is 29.3 Å². The first kappa shape index (κ1) is 11.1. The van der Waals surface area contributed by atoms with Gasteiger partial charge in [-0.2, -0.15) is 0 Å². The molecule has 2 heteroatoms. The van der Waals surface area contributed by atoms with E-state index in [9.17, 15) is 0 Å². The molecule has 1 aromatic carbocycles. The molecule has 92 valence electrons. The third-order valence-corrected chi connectivity index (χ3v) is 4.65. The maximum Gasteiger partial charge on any atom is 0.0317 e. The fourth-order valence-corrected chi connectivity index (χ4v) is 3.43. The van der Waals surface area contributed by atoms with Crippen molar-refractivity contribution in [3.63, 3.8) is 0 Å². The van der Waals surface area contributed by atoms with Crippen LogP contribution in [0.3, 0.4) is 0 Å². The van der Waals surface area contributed by atoms with Crippen LogP contribution in [0.4, 0.5) is 5.69 Å². The van der Waals surface area contributed by atoms with Crippen LogP contribution in [0.25, 0.3) is 0 Å². The van der Waals surface area contributed by atoms with Gasteiger partial charge in [0.1, 0.15) is 0 Å². The van der Waals surface area contributed by atoms with Crippen molar-refractivity contribution in [1.82, 2.24) is 4.90 Å². The van der Waals surface area contributed by atoms with Gasteiger partial charge >= 0.3 is 0 Å². The Kier molecular flexibility index (Phi) is 2.62. The summed E-state index contributed by atoms with van der Waals surface area (Å²) >= 11 is 0. The summed E-state index contributed by atoms with van der Waals surface area (Å²) in [5.41, 5.74) is 10.1. The molecule has 0 radical (unpaired) electrons. The molecular formula is C15H22N2. The van der Waals surface area contributed by atoms with Gasteiger partial charge in [0.05, 0.1) is 0 Å². The number of fused-ring (bicyclic) bond motifs is 1. The van der Waals surface area contributed by atoms with Crippen LogP contribution in [-0.4, -0.2) is 10.4 Å². The van der Waals surface area contributed by atoms with Crippen molar-refractivity contribution < 1.29 is 0 Å². The molecule has 0 bridgehead atoms. The van der Waals surface area contributed by atoms with E-state index in [1.807, 2.05) is 6.07 Å². The zero-order valence-electron chi connectivity index (χ0n) is 10.7. The lowest BCUT2D eigenvalue weighted by molar-refractivity contribution is 0.0631. The van der Waals surface area contributed by atoms with Gasteiger partial charge in [-0.3, -0.25) is 4.90 Å². The normalized spacial score (nSPS) is 23.6. The summed E-state index contributed by atoms with van der Waals surface area (Å²) in [6.45, 7) is 4.66. The van der Waals surface area contributed by atoms with Gasteiger partial charge in [0.25, 0.3) is 0 Å². The molecule has 1 saturated carbocycles. The van der Waals surface area contributed by atoms with Crippen molar-refractivity contribution >= 4 is 5.69 Å². The van der Waals surface area contributed by atoms with Gasteiger partial charge in [-0.05, 0) is 43.0 Å². The number of nitrogen functional groups attached to an aromatic ring is 1. The molecule has 0 atom stereocenters. The molecular weight excluding hydrogens is 208 g/mol. The second-order valence-electron chi connectivity index (χ2n) is 5.94. The van der Waals surface area contributed by atoms with Crippen LogP contribution in [-0.2, 0) is 13.1 Å². The second-order valence-corrected chi connectivity index (χ2v) is 5.94. The minimum Gasteiger partial charge on any atom is -0.399 e. The van der Waals surface area contributed by atoms with Gasteiger partial charge < -0.3 is 5.73 Å². The highest BCUT2D eigenvalue weighted by Crippen LogP contribution is 2.38. The molecule has 1 aromatic rings. The highest BCUT2D eigenvalue weighted by Gasteiger charge is 2.36. The third-order valence-electron chi connectivity index (χ3n) is 4.65. The predicted molar refractivity (Wildman–Crippen MR) is 71.6 cm³/mol. The molecule has 0 unspecified atom stereocenters. The van der Waals surface area contributed by atoms with Gasteiger partial charge in [0.2, 0.25) is 0 Å². The van der Waals surface area contributed by atoms with Gasteiger partial charge in [0.15, 0.2) is 0 Å². The molecule has 0 amide bonds. The summed E-state index contributed by atoms with van der Waals surface area (Å²) in [4.78, 5) is 2.66. The molecule has 0 saturated heterocycles. The maximum atomic E-state index is 5.87. The van der Waals surface area contributed by atoms with Crippen LogP contribution in [0.15, 0.2) is 18.2 Å². The molecule has 2 nitrogen and oxygen atoms in total. The molecule has 0 aromatic heterocycles. The Bertz CT molecular complexity index is 419. The SMILES string of the molecule is CC1(N2Cc3ccc(N)cc3C2)CCCCC1. The lowest BCUT2D eigenvalue weighted by Gasteiger charge is -2.42. The number of nitrogens with zero attached hydrogens (tertiary/aromatic N) is 1. The van der Waals surface area contributed by atoms with Crippen LogP contribution >= 0.6 is 0 Å². The Morgan fingerprint density at radius 1 is 1.06 bits per heavy atom. The molecule has 1 aliphatic heterocycles. The minimum atomic E-state index is 0.423. The van der Waals surface area contributed by atoms with E-state index in [-0.39, 0.29) is 0 Å². The monoisotopic (exact) mass is 230 g/mol. The summed E-state index contributed by atoms with van der Waals surface area (Å²) in [6.07, 6.45) is 6.92. The first-order valence-electron chi connectivity index (χ1n) is 6.80. The number of anilines is 1. The van der Waals surface area contributed by atoms with Gasteiger partial charge in [-0.25, -0.2) is 0 Å². The Morgan fingerprint density at radius 2 is 1.76 bits per heavy atom. The minimum absolute atomic E-state index is 0.423. The summed E-state index contributed by atoms with van der Waals surface area (Å²) in [5.74, 6) is 0. The first-order valence-corrected chi connectivity index (χ1v) is 6.80. The Balaban J connectivity index is 1.81. The van der Waals surface area contributed by atoms with Crippen LogP contribution < -0.4 is 5.73 Å². The quantitative estimate of drug-likeness (QED) is 0.750. The van der Waals surface area contributed by atoms with E-state index in [1.165, 1.54) is 43.2 Å². The van der Waals surface area contributed by atoms with E-state index in [1.54, 1.807) is 0 Å². The van der Waals surface area contributed by atoms with E-state index >= 15 is 0 Å². The van der Waals surface area contributed by atoms with E-state index in [0.717, 1.165) is 18.8 Å². The highest BCUT2D eigenvalue weighted by atomic mass is 15.2. The summed E-state index contributed by atoms with van der Waals surface area (Å²) in [5, 5.41) is 0. The predicted octanol–water partition coefficient (Wildman–Crippen LogP) is 3.31. The molecule has 1 aliphatic carbocycles. The Morgan fingerprint density at radius 3 is 2.53 bits per heavy atom. The van der Waals surface area contributed by atoms with Crippen molar-refractivity contribution in [2.75, 3.05) is 5.73 Å². The number of benzene rings is 1. The van der Waals surface area contributed by atoms with Crippen LogP contribution in [0.1, 0.15) is 50.2 Å². The molecule has 1 heterocycles. The maximum absolute atomic E-state index is 5.87. The van der Waals surface area contributed by atoms with Gasteiger partial charge in [-0.15, -0.1) is 0 Å².